The highest BCUT2D eigenvalue weighted by Gasteiger charge is 2.57. The third-order valence-corrected chi connectivity index (χ3v) is 3.38. The summed E-state index contributed by atoms with van der Waals surface area (Å²) in [5, 5.41) is 9.50. The summed E-state index contributed by atoms with van der Waals surface area (Å²) in [5.74, 6) is -0.243. The van der Waals surface area contributed by atoms with Crippen molar-refractivity contribution in [3.63, 3.8) is 0 Å². The Hall–Kier alpha value is -1.34. The normalized spacial score (nSPS) is 24.9. The van der Waals surface area contributed by atoms with Crippen LogP contribution in [0.2, 0.25) is 0 Å². The molecule has 4 nitrogen and oxygen atoms in total. The number of likely N-dealkylation sites (tertiary alicyclic amines) is 1. The Morgan fingerprint density at radius 2 is 2.21 bits per heavy atom. The van der Waals surface area contributed by atoms with Crippen molar-refractivity contribution in [2.75, 3.05) is 19.6 Å². The number of nitrogens with zero attached hydrogens (tertiary/aromatic N) is 2. The summed E-state index contributed by atoms with van der Waals surface area (Å²) in [6.45, 7) is -0.591. The molecule has 1 atom stereocenters. The minimum Gasteiger partial charge on any atom is -0.379 e. The van der Waals surface area contributed by atoms with Crippen molar-refractivity contribution in [2.45, 2.75) is 18.2 Å². The molecule has 1 aliphatic heterocycles. The van der Waals surface area contributed by atoms with Crippen molar-refractivity contribution in [1.29, 1.82) is 0 Å². The highest BCUT2D eigenvalue weighted by molar-refractivity contribution is 5.97. The van der Waals surface area contributed by atoms with Crippen molar-refractivity contribution >= 4 is 5.78 Å². The van der Waals surface area contributed by atoms with E-state index in [0.717, 1.165) is 0 Å². The number of hydrogen-bond donors (Lipinski definition) is 1. The molecule has 19 heavy (non-hydrogen) atoms. The number of aryl methyl sites for hydroxylation is 1. The van der Waals surface area contributed by atoms with E-state index < -0.39 is 24.7 Å². The van der Waals surface area contributed by atoms with Gasteiger partial charge in [0.05, 0.1) is 6.54 Å². The van der Waals surface area contributed by atoms with Gasteiger partial charge in [-0.25, -0.2) is 0 Å². The van der Waals surface area contributed by atoms with Crippen LogP contribution in [0.25, 0.3) is 0 Å². The van der Waals surface area contributed by atoms with Gasteiger partial charge in [0.25, 0.3) is 0 Å². The first-order chi connectivity index (χ1) is 8.71. The van der Waals surface area contributed by atoms with Crippen LogP contribution >= 0.6 is 0 Å². The third kappa shape index (κ3) is 2.82. The zero-order chi connectivity index (χ0) is 14.3. The number of Topliss-reactive ketones (excluding diaryl/α,β-unsaturated/α-hetero) is 1. The van der Waals surface area contributed by atoms with Gasteiger partial charge in [0, 0.05) is 38.1 Å². The summed E-state index contributed by atoms with van der Waals surface area (Å²) in [4.78, 5) is 13.2. The molecule has 2 rings (SSSR count). The second-order valence-corrected chi connectivity index (χ2v) is 4.98. The van der Waals surface area contributed by atoms with Crippen LogP contribution in [0.5, 0.6) is 0 Å². The molecule has 0 amide bonds. The summed E-state index contributed by atoms with van der Waals surface area (Å²) in [6, 6.07) is 1.62. The molecule has 106 valence electrons. The van der Waals surface area contributed by atoms with Gasteiger partial charge in [0.2, 0.25) is 0 Å². The van der Waals surface area contributed by atoms with E-state index in [9.17, 15) is 23.1 Å². The molecule has 0 aromatic carbocycles. The van der Waals surface area contributed by atoms with E-state index in [4.69, 9.17) is 0 Å². The number of hydrogen-bond acceptors (Lipinski definition) is 3. The van der Waals surface area contributed by atoms with Crippen molar-refractivity contribution in [1.82, 2.24) is 9.47 Å². The predicted molar refractivity (Wildman–Crippen MR) is 61.8 cm³/mol. The van der Waals surface area contributed by atoms with E-state index in [1.807, 2.05) is 0 Å². The molecule has 1 aliphatic rings. The summed E-state index contributed by atoms with van der Waals surface area (Å²) in [5.41, 5.74) is -2.23. The number of aliphatic hydroxyl groups is 1. The molecule has 0 spiro atoms. The van der Waals surface area contributed by atoms with E-state index in [0.29, 0.717) is 5.56 Å². The Morgan fingerprint density at radius 3 is 2.68 bits per heavy atom. The van der Waals surface area contributed by atoms with Gasteiger partial charge < -0.3 is 9.67 Å². The smallest absolute Gasteiger partial charge is 0.379 e. The first kappa shape index (κ1) is 14.1. The monoisotopic (exact) mass is 276 g/mol. The third-order valence-electron chi connectivity index (χ3n) is 3.38. The van der Waals surface area contributed by atoms with Gasteiger partial charge in [-0.05, 0) is 12.5 Å². The van der Waals surface area contributed by atoms with Crippen LogP contribution in [-0.4, -0.2) is 51.8 Å². The maximum Gasteiger partial charge on any atom is 0.418 e. The lowest BCUT2D eigenvalue weighted by Crippen LogP contribution is -2.47. The largest absolute Gasteiger partial charge is 0.418 e. The molecule has 0 saturated carbocycles. The number of halogens is 3. The van der Waals surface area contributed by atoms with E-state index in [-0.39, 0.29) is 18.9 Å². The topological polar surface area (TPSA) is 45.5 Å². The van der Waals surface area contributed by atoms with Gasteiger partial charge in [-0.15, -0.1) is 0 Å². The fraction of sp³-hybridized carbons (Fsp3) is 0.583. The number of carbonyl (C=O) groups excluding carboxylic acids is 1. The number of rotatable bonds is 3. The van der Waals surface area contributed by atoms with Crippen LogP contribution in [0.3, 0.4) is 0 Å². The van der Waals surface area contributed by atoms with Crippen molar-refractivity contribution in [3.05, 3.63) is 24.0 Å². The fourth-order valence-electron chi connectivity index (χ4n) is 2.20. The van der Waals surface area contributed by atoms with Crippen molar-refractivity contribution in [2.24, 2.45) is 7.05 Å². The number of carbonyl (C=O) groups is 1. The molecule has 1 unspecified atom stereocenters. The molecule has 0 bridgehead atoms. The fourth-order valence-corrected chi connectivity index (χ4v) is 2.20. The first-order valence-corrected chi connectivity index (χ1v) is 5.88. The molecule has 0 radical (unpaired) electrons. The second-order valence-electron chi connectivity index (χ2n) is 4.98. The van der Waals surface area contributed by atoms with Crippen LogP contribution in [-0.2, 0) is 7.05 Å². The average molecular weight is 276 g/mol. The molecule has 0 aliphatic carbocycles. The van der Waals surface area contributed by atoms with E-state index >= 15 is 0 Å². The molecular formula is C12H15F3N2O2. The standard InChI is InChI=1S/C12H15F3N2O2/c1-16-4-2-9(6-16)10(18)7-17-5-3-11(19,8-17)12(13,14)15/h2,4,6,19H,3,5,7-8H2,1H3. The summed E-state index contributed by atoms with van der Waals surface area (Å²) in [7, 11) is 1.76. The first-order valence-electron chi connectivity index (χ1n) is 5.88. The summed E-state index contributed by atoms with van der Waals surface area (Å²) >= 11 is 0. The van der Waals surface area contributed by atoms with Crippen molar-refractivity contribution in [3.8, 4) is 0 Å². The van der Waals surface area contributed by atoms with Gasteiger partial charge in [-0.2, -0.15) is 13.2 Å². The van der Waals surface area contributed by atoms with Crippen LogP contribution in [0.1, 0.15) is 16.8 Å². The van der Waals surface area contributed by atoms with Gasteiger partial charge in [-0.1, -0.05) is 0 Å². The maximum absolute atomic E-state index is 12.6. The zero-order valence-electron chi connectivity index (χ0n) is 10.4. The SMILES string of the molecule is Cn1ccc(C(=O)CN2CCC(O)(C(F)(F)F)C2)c1. The molecule has 1 fully saturated rings. The molecule has 1 saturated heterocycles. The lowest BCUT2D eigenvalue weighted by molar-refractivity contribution is -0.253. The number of alkyl halides is 3. The molecule has 1 aromatic rings. The van der Waals surface area contributed by atoms with Crippen LogP contribution in [0, 0.1) is 0 Å². The van der Waals surface area contributed by atoms with Crippen molar-refractivity contribution < 1.29 is 23.1 Å². The Kier molecular flexibility index (Phi) is 3.44. The highest BCUT2D eigenvalue weighted by atomic mass is 19.4. The summed E-state index contributed by atoms with van der Waals surface area (Å²) in [6.07, 6.45) is -1.73. The number of aromatic nitrogens is 1. The molecule has 1 aromatic heterocycles. The molecule has 7 heteroatoms. The minimum absolute atomic E-state index is 0.0641. The van der Waals surface area contributed by atoms with Gasteiger partial charge in [0.15, 0.2) is 11.4 Å². The highest BCUT2D eigenvalue weighted by Crippen LogP contribution is 2.37. The lowest BCUT2D eigenvalue weighted by Gasteiger charge is -2.25. The van der Waals surface area contributed by atoms with Gasteiger partial charge in [0.1, 0.15) is 0 Å². The number of β-amino-alcohol motifs (C(OH)–C–C–N with tert-alkyl or cyclic N) is 1. The Labute approximate surface area is 108 Å². The Balaban J connectivity index is 1.98. The molecule has 1 N–H and O–H groups in total. The molecular weight excluding hydrogens is 261 g/mol. The quantitative estimate of drug-likeness (QED) is 0.844. The van der Waals surface area contributed by atoms with Crippen LogP contribution in [0.4, 0.5) is 13.2 Å². The van der Waals surface area contributed by atoms with Gasteiger partial charge in [-0.3, -0.25) is 9.69 Å². The predicted octanol–water partition coefficient (Wildman–Crippen LogP) is 1.21. The van der Waals surface area contributed by atoms with E-state index in [1.165, 1.54) is 4.90 Å². The van der Waals surface area contributed by atoms with Crippen LogP contribution < -0.4 is 0 Å². The number of ketones is 1. The van der Waals surface area contributed by atoms with Gasteiger partial charge >= 0.3 is 6.18 Å². The minimum atomic E-state index is -4.66. The summed E-state index contributed by atoms with van der Waals surface area (Å²) < 4.78 is 39.5. The molecule has 2 heterocycles. The second kappa shape index (κ2) is 4.64. The Morgan fingerprint density at radius 1 is 1.53 bits per heavy atom. The average Bonchev–Trinajstić information content (AvgIpc) is 2.85. The Bertz CT molecular complexity index is 484. The van der Waals surface area contributed by atoms with E-state index in [1.54, 1.807) is 30.1 Å². The van der Waals surface area contributed by atoms with Crippen LogP contribution in [0.15, 0.2) is 18.5 Å². The van der Waals surface area contributed by atoms with E-state index in [2.05, 4.69) is 0 Å². The maximum atomic E-state index is 12.6. The lowest BCUT2D eigenvalue weighted by atomic mass is 10.0. The zero-order valence-corrected chi connectivity index (χ0v) is 10.4.